The molecule has 1 aromatic rings. The average Bonchev–Trinajstić information content (AvgIpc) is 3.07. The van der Waals surface area contributed by atoms with E-state index >= 15 is 0 Å². The summed E-state index contributed by atoms with van der Waals surface area (Å²) in [5.41, 5.74) is 0. The minimum absolute atomic E-state index is 0.0582. The first-order chi connectivity index (χ1) is 10.3. The fraction of sp³-hybridized carbons (Fsp3) is 0.692. The zero-order valence-corrected chi connectivity index (χ0v) is 13.9. The number of nitrogens with one attached hydrogen (secondary N) is 2. The van der Waals surface area contributed by atoms with Crippen molar-refractivity contribution < 1.29 is 13.2 Å². The van der Waals surface area contributed by atoms with Gasteiger partial charge >= 0.3 is 0 Å². The minimum atomic E-state index is -3.74. The van der Waals surface area contributed by atoms with Crippen LogP contribution in [-0.2, 0) is 21.9 Å². The van der Waals surface area contributed by atoms with Gasteiger partial charge in [-0.1, -0.05) is 0 Å². The molecule has 1 aliphatic heterocycles. The molecule has 0 aromatic carbocycles. The molecule has 0 radical (unpaired) electrons. The molecule has 0 aliphatic carbocycles. The summed E-state index contributed by atoms with van der Waals surface area (Å²) in [5.74, 6) is -0.190. The Kier molecular flexibility index (Phi) is 5.20. The number of likely N-dealkylation sites (tertiary alicyclic amines) is 1. The number of likely N-dealkylation sites (N-methyl/N-ethyl adjacent to an activating group) is 1. The third-order valence-electron chi connectivity index (χ3n) is 3.79. The molecule has 2 unspecified atom stereocenters. The molecule has 124 valence electrons. The zero-order chi connectivity index (χ0) is 16.3. The van der Waals surface area contributed by atoms with Crippen molar-refractivity contribution in [2.45, 2.75) is 36.7 Å². The number of hydrogen-bond acceptors (Lipinski definition) is 5. The van der Waals surface area contributed by atoms with E-state index in [1.165, 1.54) is 17.1 Å². The topological polar surface area (TPSA) is 96.3 Å². The second-order valence-electron chi connectivity index (χ2n) is 5.58. The Labute approximate surface area is 130 Å². The molecule has 1 amide bonds. The van der Waals surface area contributed by atoms with Gasteiger partial charge in [-0.05, 0) is 26.8 Å². The molecule has 0 bridgehead atoms. The van der Waals surface area contributed by atoms with Gasteiger partial charge in [0.25, 0.3) is 0 Å². The molecule has 2 heterocycles. The van der Waals surface area contributed by atoms with E-state index in [1.54, 1.807) is 18.9 Å². The van der Waals surface area contributed by atoms with Gasteiger partial charge in [-0.15, -0.1) is 0 Å². The van der Waals surface area contributed by atoms with Crippen molar-refractivity contribution >= 4 is 15.9 Å². The number of hydrogen-bond donors (Lipinski definition) is 2. The molecule has 2 rings (SSSR count). The van der Waals surface area contributed by atoms with Crippen molar-refractivity contribution in [2.75, 3.05) is 20.1 Å². The average molecular weight is 329 g/mol. The maximum atomic E-state index is 12.5. The number of rotatable bonds is 6. The molecule has 1 fully saturated rings. The molecular weight excluding hydrogens is 306 g/mol. The normalized spacial score (nSPS) is 20.3. The zero-order valence-electron chi connectivity index (χ0n) is 13.1. The summed E-state index contributed by atoms with van der Waals surface area (Å²) >= 11 is 0. The van der Waals surface area contributed by atoms with Crippen molar-refractivity contribution in [3.63, 3.8) is 0 Å². The summed E-state index contributed by atoms with van der Waals surface area (Å²) in [7, 11) is -0.258. The van der Waals surface area contributed by atoms with Gasteiger partial charge in [-0.2, -0.15) is 9.82 Å². The van der Waals surface area contributed by atoms with Crippen LogP contribution in [-0.4, -0.2) is 61.2 Å². The Morgan fingerprint density at radius 2 is 2.27 bits per heavy atom. The molecule has 0 spiro atoms. The van der Waals surface area contributed by atoms with E-state index in [4.69, 9.17) is 0 Å². The predicted molar refractivity (Wildman–Crippen MR) is 81.7 cm³/mol. The quantitative estimate of drug-likeness (QED) is 0.719. The SMILES string of the molecule is CNCC1CCCN1C(=O)C(C)NS(=O)(=O)c1cnn(C)c1. The number of carbonyl (C=O) groups excluding carboxylic acids is 1. The smallest absolute Gasteiger partial charge is 0.244 e. The van der Waals surface area contributed by atoms with Gasteiger partial charge in [0.15, 0.2) is 0 Å². The highest BCUT2D eigenvalue weighted by atomic mass is 32.2. The van der Waals surface area contributed by atoms with Crippen molar-refractivity contribution in [1.82, 2.24) is 24.7 Å². The van der Waals surface area contributed by atoms with Gasteiger partial charge in [0, 0.05) is 32.4 Å². The number of carbonyl (C=O) groups is 1. The third kappa shape index (κ3) is 3.65. The highest BCUT2D eigenvalue weighted by Crippen LogP contribution is 2.18. The monoisotopic (exact) mass is 329 g/mol. The second kappa shape index (κ2) is 6.76. The largest absolute Gasteiger partial charge is 0.337 e. The number of aromatic nitrogens is 2. The van der Waals surface area contributed by atoms with Crippen LogP contribution in [0.15, 0.2) is 17.3 Å². The predicted octanol–water partition coefficient (Wildman–Crippen LogP) is -0.703. The third-order valence-corrected chi connectivity index (χ3v) is 5.29. The molecule has 2 atom stereocenters. The number of aryl methyl sites for hydroxylation is 1. The van der Waals surface area contributed by atoms with E-state index in [0.717, 1.165) is 12.8 Å². The second-order valence-corrected chi connectivity index (χ2v) is 7.29. The van der Waals surface area contributed by atoms with Crippen molar-refractivity contribution in [2.24, 2.45) is 7.05 Å². The van der Waals surface area contributed by atoms with Crippen LogP contribution in [0.3, 0.4) is 0 Å². The van der Waals surface area contributed by atoms with E-state index in [1.807, 2.05) is 7.05 Å². The van der Waals surface area contributed by atoms with Crippen molar-refractivity contribution in [1.29, 1.82) is 0 Å². The van der Waals surface area contributed by atoms with Gasteiger partial charge in [-0.25, -0.2) is 8.42 Å². The van der Waals surface area contributed by atoms with Crippen molar-refractivity contribution in [3.05, 3.63) is 12.4 Å². The Hall–Kier alpha value is -1.45. The number of amides is 1. The highest BCUT2D eigenvalue weighted by molar-refractivity contribution is 7.89. The van der Waals surface area contributed by atoms with Crippen LogP contribution in [0.1, 0.15) is 19.8 Å². The van der Waals surface area contributed by atoms with E-state index < -0.39 is 16.1 Å². The van der Waals surface area contributed by atoms with Gasteiger partial charge in [0.05, 0.1) is 12.2 Å². The van der Waals surface area contributed by atoms with Crippen LogP contribution in [0, 0.1) is 0 Å². The first-order valence-corrected chi connectivity index (χ1v) is 8.79. The molecule has 2 N–H and O–H groups in total. The first-order valence-electron chi connectivity index (χ1n) is 7.31. The minimum Gasteiger partial charge on any atom is -0.337 e. The van der Waals surface area contributed by atoms with E-state index in [-0.39, 0.29) is 16.8 Å². The maximum Gasteiger partial charge on any atom is 0.244 e. The maximum absolute atomic E-state index is 12.5. The molecule has 1 saturated heterocycles. The summed E-state index contributed by atoms with van der Waals surface area (Å²) in [5, 5.41) is 6.91. The summed E-state index contributed by atoms with van der Waals surface area (Å²) in [6.45, 7) is 2.96. The Morgan fingerprint density at radius 3 is 2.86 bits per heavy atom. The Morgan fingerprint density at radius 1 is 1.55 bits per heavy atom. The lowest BCUT2D eigenvalue weighted by Gasteiger charge is -2.27. The molecular formula is C13H23N5O3S. The van der Waals surface area contributed by atoms with Crippen molar-refractivity contribution in [3.8, 4) is 0 Å². The molecule has 1 aromatic heterocycles. The van der Waals surface area contributed by atoms with Gasteiger partial charge in [-0.3, -0.25) is 9.48 Å². The molecule has 1 aliphatic rings. The van der Waals surface area contributed by atoms with Gasteiger partial charge < -0.3 is 10.2 Å². The lowest BCUT2D eigenvalue weighted by atomic mass is 10.2. The Balaban J connectivity index is 2.05. The Bertz CT molecular complexity index is 627. The molecule has 8 nitrogen and oxygen atoms in total. The van der Waals surface area contributed by atoms with Gasteiger partial charge in [0.1, 0.15) is 4.90 Å². The highest BCUT2D eigenvalue weighted by Gasteiger charge is 2.33. The number of nitrogens with zero attached hydrogens (tertiary/aromatic N) is 3. The van der Waals surface area contributed by atoms with Crippen LogP contribution in [0.4, 0.5) is 0 Å². The summed E-state index contributed by atoms with van der Waals surface area (Å²) < 4.78 is 28.3. The molecule has 9 heteroatoms. The fourth-order valence-corrected chi connectivity index (χ4v) is 3.89. The lowest BCUT2D eigenvalue weighted by molar-refractivity contribution is -0.133. The van der Waals surface area contributed by atoms with Crippen LogP contribution in [0.2, 0.25) is 0 Å². The van der Waals surface area contributed by atoms with E-state index in [0.29, 0.717) is 13.1 Å². The molecule has 22 heavy (non-hydrogen) atoms. The lowest BCUT2D eigenvalue weighted by Crippen LogP contribution is -2.50. The van der Waals surface area contributed by atoms with Crippen LogP contribution < -0.4 is 10.0 Å². The molecule has 0 saturated carbocycles. The van der Waals surface area contributed by atoms with E-state index in [2.05, 4.69) is 15.1 Å². The van der Waals surface area contributed by atoms with E-state index in [9.17, 15) is 13.2 Å². The fourth-order valence-electron chi connectivity index (χ4n) is 2.71. The van der Waals surface area contributed by atoms with Gasteiger partial charge in [0.2, 0.25) is 15.9 Å². The summed E-state index contributed by atoms with van der Waals surface area (Å²) in [6, 6.07) is -0.675. The standard InChI is InChI=1S/C13H23N5O3S/c1-10(13(19)18-6-4-5-11(18)7-14-2)16-22(20,21)12-8-15-17(3)9-12/h8-11,14,16H,4-7H2,1-3H3. The van der Waals surface area contributed by atoms with Crippen LogP contribution in [0.5, 0.6) is 0 Å². The number of sulfonamides is 1. The summed E-state index contributed by atoms with van der Waals surface area (Å²) in [6.07, 6.45) is 4.55. The summed E-state index contributed by atoms with van der Waals surface area (Å²) in [4.78, 5) is 14.3. The van der Waals surface area contributed by atoms with Crippen LogP contribution in [0.25, 0.3) is 0 Å². The first kappa shape index (κ1) is 16.9. The van der Waals surface area contributed by atoms with Crippen LogP contribution >= 0.6 is 0 Å².